The van der Waals surface area contributed by atoms with E-state index in [9.17, 15) is 116 Å². The number of Topliss-reactive ketones (excluding diaryl/α,β-unsaturated/α-hetero) is 1. The normalized spacial score (nSPS) is 32.4. The zero-order valence-corrected chi connectivity index (χ0v) is 68.4. The van der Waals surface area contributed by atoms with E-state index >= 15 is 0 Å². The van der Waals surface area contributed by atoms with Crippen LogP contribution in [0.1, 0.15) is 219 Å². The maximum absolute atomic E-state index is 13.3. The van der Waals surface area contributed by atoms with Crippen LogP contribution in [0.3, 0.4) is 0 Å². The molecule has 118 heavy (non-hydrogen) atoms. The van der Waals surface area contributed by atoms with Gasteiger partial charge in [-0.1, -0.05) is 172 Å². The van der Waals surface area contributed by atoms with Crippen LogP contribution in [0.2, 0.25) is 0 Å². The summed E-state index contributed by atoms with van der Waals surface area (Å²) in [5, 5.41) is 198. The van der Waals surface area contributed by atoms with Gasteiger partial charge in [0.2, 0.25) is 11.8 Å². The predicted molar refractivity (Wildman–Crippen MR) is 420 cm³/mol. The van der Waals surface area contributed by atoms with Gasteiger partial charge in [-0.05, 0) is 70.6 Å². The van der Waals surface area contributed by atoms with Crippen molar-refractivity contribution in [3.8, 4) is 0 Å². The van der Waals surface area contributed by atoms with Crippen molar-refractivity contribution in [3.63, 3.8) is 0 Å². The number of aliphatic carboxylic acids is 2. The molecular formula is C82H140N2O34. The van der Waals surface area contributed by atoms with Crippen LogP contribution in [0.5, 0.6) is 0 Å². The smallest absolute Gasteiger partial charge is 0.335 e. The van der Waals surface area contributed by atoms with E-state index < -0.39 is 204 Å². The van der Waals surface area contributed by atoms with Crippen molar-refractivity contribution in [2.45, 2.75) is 391 Å². The summed E-state index contributed by atoms with van der Waals surface area (Å²) in [6, 6.07) is -1.11. The molecule has 0 aromatic rings. The molecule has 5 saturated heterocycles. The van der Waals surface area contributed by atoms with Crippen LogP contribution in [-0.2, 0) is 76.1 Å². The van der Waals surface area contributed by atoms with E-state index in [1.54, 1.807) is 0 Å². The highest BCUT2D eigenvalue weighted by molar-refractivity contribution is 5.79. The summed E-state index contributed by atoms with van der Waals surface area (Å²) in [5.74, 6) is -4.38. The van der Waals surface area contributed by atoms with Crippen LogP contribution in [0.25, 0.3) is 0 Å². The lowest BCUT2D eigenvalue weighted by molar-refractivity contribution is -0.385. The molecule has 5 aliphatic heterocycles. The fourth-order valence-corrected chi connectivity index (χ4v) is 14.4. The molecule has 25 unspecified atom stereocenters. The second kappa shape index (κ2) is 58.5. The van der Waals surface area contributed by atoms with Crippen molar-refractivity contribution < 1.29 is 168 Å². The number of aliphatic hydroxyl groups excluding tert-OH is 16. The van der Waals surface area contributed by atoms with E-state index in [0.717, 1.165) is 64.2 Å². The maximum atomic E-state index is 13.3. The number of hydrogen-bond acceptors (Lipinski definition) is 32. The molecule has 0 saturated carbocycles. The molecule has 20 N–H and O–H groups in total. The van der Waals surface area contributed by atoms with Gasteiger partial charge in [-0.15, -0.1) is 0 Å². The molecule has 36 heteroatoms. The SMILES string of the molecule is CCCCC/C=C\C/C=C\C/C=C\C/C=C\CCC(=O)N[C@@H](COC1OC(COCCCCCCCC(=O)CCCCC(=O)NCCOC2OC(CO)C(OC3OC(C(=O)O)C(O)C(OC4OC(CO)C(OC5OC(C(=O)O)C(O)C(O)C5O)C(O)C4O)C3O)C(O)C2O)C(O)C(O)C1O)[C@H](O)[C@H](O)CCCCCCCCCCCCCC. The first-order valence-electron chi connectivity index (χ1n) is 42.6. The molecule has 0 spiro atoms. The lowest BCUT2D eigenvalue weighted by atomic mass is 9.95. The molecule has 0 radical (unpaired) electrons. The summed E-state index contributed by atoms with van der Waals surface area (Å²) in [7, 11) is 0. The van der Waals surface area contributed by atoms with E-state index in [4.69, 9.17) is 52.1 Å². The number of allylic oxidation sites excluding steroid dienone is 8. The summed E-state index contributed by atoms with van der Waals surface area (Å²) in [4.78, 5) is 62.7. The number of rotatable bonds is 61. The second-order valence-electron chi connectivity index (χ2n) is 31.1. The summed E-state index contributed by atoms with van der Waals surface area (Å²) in [5.41, 5.74) is 0. The monoisotopic (exact) mass is 1700 g/mol. The predicted octanol–water partition coefficient (Wildman–Crippen LogP) is 0.941. The molecule has 2 amide bonds. The van der Waals surface area contributed by atoms with E-state index in [2.05, 4.69) is 60.9 Å². The standard InChI is InChI=1S/C82H140N2O34/c1-3-5-7-9-11-13-15-17-18-19-20-22-24-26-30-34-42-57(90)84-51(58(91)52(88)40-33-29-25-23-21-16-14-12-10-8-6-4-2)48-110-79-65(98)60(93)59(92)55(113-79)49-108-44-37-31-27-28-32-38-50(87)39-35-36-41-56(89)83-43-45-109-78-67(100)63(96)71(53(46-85)111-78)115-82-70(103)73(69(102)75(118-82)77(106)107)116-80-68(101)64(97)72(54(47-86)112-80)114-81-66(99)61(94)62(95)74(117-81)76(104)105/h11,13,17-18,20,22,26,30,51-55,58-75,78-82,85-86,88,91-103H,3-10,12,14-16,19,21,23-25,27-29,31-49H2,1-2H3,(H,83,89)(H,84,90)(H,104,105)(H,106,107)/b13-11-,18-17-,22-20-,30-26-/t51-,52+,53?,54?,55?,58-,59?,60?,61?,62?,63?,64?,65?,66?,67?,68?,69?,70?,71?,72?,73?,74?,75?,78?,79?,80?,81?,82?/m0/s1. The van der Waals surface area contributed by atoms with Crippen molar-refractivity contribution in [1.29, 1.82) is 0 Å². The number of unbranched alkanes of at least 4 members (excludes halogenated alkanes) is 19. The Morgan fingerprint density at radius 3 is 1.40 bits per heavy atom. The van der Waals surface area contributed by atoms with Gasteiger partial charge in [-0.25, -0.2) is 9.59 Å². The van der Waals surface area contributed by atoms with Crippen molar-refractivity contribution in [2.24, 2.45) is 0 Å². The highest BCUT2D eigenvalue weighted by Crippen LogP contribution is 2.36. The van der Waals surface area contributed by atoms with Crippen LogP contribution in [0.4, 0.5) is 0 Å². The minimum absolute atomic E-state index is 0.0348. The number of aliphatic hydroxyl groups is 16. The zero-order chi connectivity index (χ0) is 86.5. The number of amides is 2. The van der Waals surface area contributed by atoms with Gasteiger partial charge in [-0.3, -0.25) is 14.4 Å². The lowest BCUT2D eigenvalue weighted by Gasteiger charge is -2.48. The van der Waals surface area contributed by atoms with E-state index in [0.29, 0.717) is 57.8 Å². The molecule has 5 fully saturated rings. The molecule has 5 rings (SSSR count). The number of hydrogen-bond donors (Lipinski definition) is 20. The number of nitrogens with one attached hydrogen (secondary N) is 2. The maximum Gasteiger partial charge on any atom is 0.335 e. The van der Waals surface area contributed by atoms with Gasteiger partial charge >= 0.3 is 11.9 Å². The number of carboxylic acids is 2. The molecular weight excluding hydrogens is 1560 g/mol. The molecule has 5 heterocycles. The molecule has 36 nitrogen and oxygen atoms in total. The fraction of sp³-hybridized carbons (Fsp3) is 0.841. The van der Waals surface area contributed by atoms with Gasteiger partial charge in [0, 0.05) is 38.8 Å². The number of carbonyl (C=O) groups is 5. The first-order chi connectivity index (χ1) is 56.7. The average molecular weight is 1700 g/mol. The van der Waals surface area contributed by atoms with Gasteiger partial charge in [0.1, 0.15) is 122 Å². The Balaban J connectivity index is 0.957. The van der Waals surface area contributed by atoms with Crippen LogP contribution >= 0.6 is 0 Å². The molecule has 0 aromatic heterocycles. The molecule has 0 aliphatic carbocycles. The van der Waals surface area contributed by atoms with Gasteiger partial charge < -0.3 is 155 Å². The average Bonchev–Trinajstić information content (AvgIpc) is 0.777. The highest BCUT2D eigenvalue weighted by atomic mass is 16.8. The van der Waals surface area contributed by atoms with Gasteiger partial charge in [-0.2, -0.15) is 0 Å². The van der Waals surface area contributed by atoms with Crippen molar-refractivity contribution in [3.05, 3.63) is 48.6 Å². The minimum atomic E-state index is -2.32. The molecule has 5 aliphatic rings. The molecule has 28 atom stereocenters. The lowest BCUT2D eigenvalue weighted by Crippen LogP contribution is -2.68. The van der Waals surface area contributed by atoms with Gasteiger partial charge in [0.05, 0.1) is 45.2 Å². The van der Waals surface area contributed by atoms with E-state index in [1.807, 2.05) is 12.2 Å². The fourth-order valence-electron chi connectivity index (χ4n) is 14.4. The van der Waals surface area contributed by atoms with Crippen molar-refractivity contribution >= 4 is 29.5 Å². The summed E-state index contributed by atoms with van der Waals surface area (Å²) in [6.07, 6.45) is -8.03. The molecule has 0 bridgehead atoms. The number of ether oxygens (including phenoxy) is 11. The third-order valence-electron chi connectivity index (χ3n) is 21.6. The first-order valence-corrected chi connectivity index (χ1v) is 42.6. The van der Waals surface area contributed by atoms with E-state index in [1.165, 1.54) is 64.2 Å². The minimum Gasteiger partial charge on any atom is -0.479 e. The highest BCUT2D eigenvalue weighted by Gasteiger charge is 2.57. The number of carbonyl (C=O) groups excluding carboxylic acids is 3. The topological polar surface area (TPSA) is 575 Å². The Morgan fingerprint density at radius 2 is 0.822 bits per heavy atom. The van der Waals surface area contributed by atoms with Crippen LogP contribution in [0, 0.1) is 0 Å². The van der Waals surface area contributed by atoms with Crippen molar-refractivity contribution in [2.75, 3.05) is 46.2 Å². The molecule has 0 aromatic carbocycles. The van der Waals surface area contributed by atoms with Crippen molar-refractivity contribution in [1.82, 2.24) is 10.6 Å². The van der Waals surface area contributed by atoms with Crippen LogP contribution in [-0.4, -0.2) is 339 Å². The third-order valence-corrected chi connectivity index (χ3v) is 21.6. The Morgan fingerprint density at radius 1 is 0.390 bits per heavy atom. The first kappa shape index (κ1) is 104. The van der Waals surface area contributed by atoms with E-state index in [-0.39, 0.29) is 63.2 Å². The quantitative estimate of drug-likeness (QED) is 0.0298. The Labute approximate surface area is 691 Å². The van der Waals surface area contributed by atoms with Crippen LogP contribution in [0.15, 0.2) is 48.6 Å². The molecule has 682 valence electrons. The Bertz CT molecular complexity index is 2880. The van der Waals surface area contributed by atoms with Gasteiger partial charge in [0.15, 0.2) is 43.7 Å². The third kappa shape index (κ3) is 35.9. The summed E-state index contributed by atoms with van der Waals surface area (Å²) in [6.45, 7) is 1.68. The number of carboxylic acid groups (broad SMARTS) is 2. The summed E-state index contributed by atoms with van der Waals surface area (Å²) < 4.78 is 61.5. The number of ketones is 1. The second-order valence-corrected chi connectivity index (χ2v) is 31.1. The largest absolute Gasteiger partial charge is 0.479 e. The summed E-state index contributed by atoms with van der Waals surface area (Å²) >= 11 is 0. The Hall–Kier alpha value is -4.57. The Kier molecular flexibility index (Phi) is 51.6. The zero-order valence-electron chi connectivity index (χ0n) is 68.4. The van der Waals surface area contributed by atoms with Crippen LogP contribution < -0.4 is 10.6 Å². The van der Waals surface area contributed by atoms with Gasteiger partial charge in [0.25, 0.3) is 0 Å².